The van der Waals surface area contributed by atoms with E-state index in [0.29, 0.717) is 0 Å². The molecule has 146 valence electrons. The van der Waals surface area contributed by atoms with E-state index in [2.05, 4.69) is 41.5 Å². The predicted molar refractivity (Wildman–Crippen MR) is 115 cm³/mol. The minimum Gasteiger partial charge on any atom is -0.419 e. The zero-order chi connectivity index (χ0) is 18.3. The summed E-state index contributed by atoms with van der Waals surface area (Å²) in [6, 6.07) is 2.70. The molecule has 0 amide bonds. The SMILES string of the molecule is CCCC(CC)(CC)O[SiH2]CCCC[SiH2]OC(CC)(CC)CCC. The molecule has 0 aromatic carbocycles. The van der Waals surface area contributed by atoms with Crippen LogP contribution in [0.4, 0.5) is 0 Å². The van der Waals surface area contributed by atoms with Gasteiger partial charge >= 0.3 is 0 Å². The Balaban J connectivity index is 3.83. The Morgan fingerprint density at radius 2 is 0.917 bits per heavy atom. The first-order chi connectivity index (χ1) is 11.6. The van der Waals surface area contributed by atoms with Gasteiger partial charge in [-0.25, -0.2) is 0 Å². The van der Waals surface area contributed by atoms with Crippen molar-refractivity contribution in [2.24, 2.45) is 0 Å². The van der Waals surface area contributed by atoms with Crippen molar-refractivity contribution in [3.63, 3.8) is 0 Å². The molecule has 24 heavy (non-hydrogen) atoms. The van der Waals surface area contributed by atoms with Crippen LogP contribution in [-0.2, 0) is 8.85 Å². The molecule has 0 radical (unpaired) electrons. The van der Waals surface area contributed by atoms with E-state index in [-0.39, 0.29) is 30.7 Å². The van der Waals surface area contributed by atoms with Crippen molar-refractivity contribution in [1.82, 2.24) is 0 Å². The minimum atomic E-state index is -0.339. The first-order valence-electron chi connectivity index (χ1n) is 10.8. The normalized spacial score (nSPS) is 13.8. The highest BCUT2D eigenvalue weighted by Gasteiger charge is 2.25. The molecule has 0 saturated heterocycles. The molecule has 4 heteroatoms. The number of hydrogen-bond acceptors (Lipinski definition) is 2. The van der Waals surface area contributed by atoms with Crippen molar-refractivity contribution in [1.29, 1.82) is 0 Å². The van der Waals surface area contributed by atoms with Crippen LogP contribution >= 0.6 is 0 Å². The van der Waals surface area contributed by atoms with Crippen LogP contribution in [0, 0.1) is 0 Å². The second-order valence-electron chi connectivity index (χ2n) is 7.39. The van der Waals surface area contributed by atoms with Gasteiger partial charge in [-0.05, 0) is 50.6 Å². The minimum absolute atomic E-state index is 0.209. The molecule has 0 spiro atoms. The number of unbranched alkanes of at least 4 members (excludes halogenated alkanes) is 1. The van der Waals surface area contributed by atoms with E-state index in [1.807, 2.05) is 0 Å². The van der Waals surface area contributed by atoms with E-state index in [0.717, 1.165) is 0 Å². The van der Waals surface area contributed by atoms with Crippen molar-refractivity contribution >= 4 is 19.5 Å². The van der Waals surface area contributed by atoms with Crippen molar-refractivity contribution in [3.05, 3.63) is 0 Å². The van der Waals surface area contributed by atoms with Crippen LogP contribution in [0.1, 0.15) is 106 Å². The van der Waals surface area contributed by atoms with Crippen LogP contribution in [0.2, 0.25) is 12.1 Å². The highest BCUT2D eigenvalue weighted by Crippen LogP contribution is 2.27. The first kappa shape index (κ1) is 24.4. The van der Waals surface area contributed by atoms with Gasteiger partial charge in [0.15, 0.2) is 19.5 Å². The van der Waals surface area contributed by atoms with Gasteiger partial charge in [-0.2, -0.15) is 0 Å². The molecule has 0 aliphatic carbocycles. The summed E-state index contributed by atoms with van der Waals surface area (Å²) in [4.78, 5) is 0. The Kier molecular flexibility index (Phi) is 14.7. The van der Waals surface area contributed by atoms with Gasteiger partial charge in [-0.1, -0.05) is 67.2 Å². The van der Waals surface area contributed by atoms with E-state index < -0.39 is 0 Å². The Morgan fingerprint density at radius 1 is 0.583 bits per heavy atom. The third kappa shape index (κ3) is 9.16. The third-order valence-corrected chi connectivity index (χ3v) is 9.05. The van der Waals surface area contributed by atoms with Gasteiger partial charge in [0.2, 0.25) is 0 Å². The summed E-state index contributed by atoms with van der Waals surface area (Å²) >= 11 is 0. The van der Waals surface area contributed by atoms with E-state index in [9.17, 15) is 0 Å². The summed E-state index contributed by atoms with van der Waals surface area (Å²) in [7, 11) is -0.678. The third-order valence-electron chi connectivity index (χ3n) is 5.84. The molecule has 0 aromatic rings. The average Bonchev–Trinajstić information content (AvgIpc) is 2.62. The Labute approximate surface area is 157 Å². The molecule has 0 rings (SSSR count). The van der Waals surface area contributed by atoms with Crippen LogP contribution in [-0.4, -0.2) is 30.7 Å². The van der Waals surface area contributed by atoms with E-state index >= 15 is 0 Å². The number of hydrogen-bond donors (Lipinski definition) is 0. The largest absolute Gasteiger partial charge is 0.419 e. The van der Waals surface area contributed by atoms with Crippen LogP contribution in [0.3, 0.4) is 0 Å². The van der Waals surface area contributed by atoms with Gasteiger partial charge in [0, 0.05) is 0 Å². The molecule has 0 aliphatic heterocycles. The highest BCUT2D eigenvalue weighted by atomic mass is 28.2. The second-order valence-corrected chi connectivity index (χ2v) is 10.2. The van der Waals surface area contributed by atoms with Gasteiger partial charge in [-0.15, -0.1) is 0 Å². The lowest BCUT2D eigenvalue weighted by molar-refractivity contribution is 0.0530. The summed E-state index contributed by atoms with van der Waals surface area (Å²) in [5.41, 5.74) is 0.418. The summed E-state index contributed by atoms with van der Waals surface area (Å²) in [6.07, 6.45) is 12.4. The molecule has 0 aliphatic rings. The van der Waals surface area contributed by atoms with Gasteiger partial charge in [0.05, 0.1) is 11.2 Å². The topological polar surface area (TPSA) is 18.5 Å². The maximum atomic E-state index is 6.42. The molecule has 0 aromatic heterocycles. The molecule has 0 N–H and O–H groups in total. The predicted octanol–water partition coefficient (Wildman–Crippen LogP) is 5.52. The van der Waals surface area contributed by atoms with Gasteiger partial charge in [-0.3, -0.25) is 0 Å². The molecular formula is C20H46O2Si2. The lowest BCUT2D eigenvalue weighted by Gasteiger charge is -2.33. The highest BCUT2D eigenvalue weighted by molar-refractivity contribution is 6.28. The van der Waals surface area contributed by atoms with Crippen molar-refractivity contribution in [2.75, 3.05) is 0 Å². The van der Waals surface area contributed by atoms with E-state index in [1.165, 1.54) is 76.3 Å². The first-order valence-corrected chi connectivity index (χ1v) is 14.0. The Morgan fingerprint density at radius 3 is 1.17 bits per heavy atom. The Hall–Kier alpha value is 0.354. The monoisotopic (exact) mass is 374 g/mol. The van der Waals surface area contributed by atoms with E-state index in [1.54, 1.807) is 0 Å². The van der Waals surface area contributed by atoms with Crippen LogP contribution in [0.25, 0.3) is 0 Å². The van der Waals surface area contributed by atoms with Gasteiger partial charge < -0.3 is 8.85 Å². The zero-order valence-electron chi connectivity index (χ0n) is 17.7. The molecule has 0 bridgehead atoms. The molecular weight excluding hydrogens is 328 g/mol. The summed E-state index contributed by atoms with van der Waals surface area (Å²) in [6.45, 7) is 13.7. The Bertz CT molecular complexity index is 249. The van der Waals surface area contributed by atoms with Crippen molar-refractivity contribution in [3.8, 4) is 0 Å². The summed E-state index contributed by atoms with van der Waals surface area (Å²) in [5, 5.41) is 0. The van der Waals surface area contributed by atoms with Crippen LogP contribution < -0.4 is 0 Å². The standard InChI is InChI=1S/C20H46O2Si2/c1-7-15-19(9-3,10-4)21-23-17-13-14-18-24-22-20(11-5,12-6)16-8-2/h7-18,23-24H2,1-6H3. The van der Waals surface area contributed by atoms with E-state index in [4.69, 9.17) is 8.85 Å². The van der Waals surface area contributed by atoms with Gasteiger partial charge in [0.1, 0.15) is 0 Å². The van der Waals surface area contributed by atoms with Crippen LogP contribution in [0.15, 0.2) is 0 Å². The smallest absolute Gasteiger partial charge is 0.162 e. The fourth-order valence-corrected chi connectivity index (χ4v) is 7.18. The molecule has 0 atom stereocenters. The fraction of sp³-hybridized carbons (Fsp3) is 1.00. The lowest BCUT2D eigenvalue weighted by Crippen LogP contribution is -2.32. The van der Waals surface area contributed by atoms with Gasteiger partial charge in [0.25, 0.3) is 0 Å². The average molecular weight is 375 g/mol. The molecule has 0 fully saturated rings. The zero-order valence-corrected chi connectivity index (χ0v) is 20.5. The molecule has 2 nitrogen and oxygen atoms in total. The fourth-order valence-electron chi connectivity index (χ4n) is 3.81. The lowest BCUT2D eigenvalue weighted by atomic mass is 9.92. The molecule has 0 saturated carbocycles. The maximum absolute atomic E-state index is 6.42. The number of rotatable bonds is 17. The quantitative estimate of drug-likeness (QED) is 0.246. The summed E-state index contributed by atoms with van der Waals surface area (Å²) < 4.78 is 12.8. The summed E-state index contributed by atoms with van der Waals surface area (Å²) in [5.74, 6) is 0. The molecule has 0 heterocycles. The van der Waals surface area contributed by atoms with Crippen LogP contribution in [0.5, 0.6) is 0 Å². The van der Waals surface area contributed by atoms with Crippen molar-refractivity contribution in [2.45, 2.75) is 129 Å². The molecule has 0 unspecified atom stereocenters. The second kappa shape index (κ2) is 14.5. The maximum Gasteiger partial charge on any atom is 0.162 e. The van der Waals surface area contributed by atoms with Crippen molar-refractivity contribution < 1.29 is 8.85 Å².